The van der Waals surface area contributed by atoms with Crippen molar-refractivity contribution >= 4 is 0 Å². The minimum absolute atomic E-state index is 0.0801. The Morgan fingerprint density at radius 3 is 2.59 bits per heavy atom. The molecule has 1 heterocycles. The molecule has 1 aliphatic heterocycles. The number of ether oxygens (including phenoxy) is 2. The van der Waals surface area contributed by atoms with Crippen molar-refractivity contribution in [3.05, 3.63) is 0 Å². The molecule has 0 spiro atoms. The molecular formula is C14H26O3. The number of rotatable bonds is 4. The van der Waals surface area contributed by atoms with Gasteiger partial charge in [-0.1, -0.05) is 13.3 Å². The molecule has 2 aliphatic rings. The van der Waals surface area contributed by atoms with E-state index in [4.69, 9.17) is 9.47 Å². The molecule has 17 heavy (non-hydrogen) atoms. The molecule has 0 amide bonds. The second-order valence-electron chi connectivity index (χ2n) is 5.58. The third-order valence-electron chi connectivity index (χ3n) is 4.33. The number of hydrogen-bond acceptors (Lipinski definition) is 3. The Balaban J connectivity index is 1.72. The summed E-state index contributed by atoms with van der Waals surface area (Å²) in [5.41, 5.74) is 0. The molecule has 1 saturated heterocycles. The fourth-order valence-corrected chi connectivity index (χ4v) is 2.92. The maximum absolute atomic E-state index is 9.96. The summed E-state index contributed by atoms with van der Waals surface area (Å²) in [7, 11) is 0. The lowest BCUT2D eigenvalue weighted by molar-refractivity contribution is -0.0896. The average Bonchev–Trinajstić information content (AvgIpc) is 2.39. The summed E-state index contributed by atoms with van der Waals surface area (Å²) in [6, 6.07) is 0. The van der Waals surface area contributed by atoms with E-state index in [0.717, 1.165) is 57.8 Å². The van der Waals surface area contributed by atoms with Crippen molar-refractivity contribution in [2.24, 2.45) is 11.8 Å². The van der Waals surface area contributed by atoms with Gasteiger partial charge in [0.25, 0.3) is 0 Å². The van der Waals surface area contributed by atoms with Crippen molar-refractivity contribution in [3.63, 3.8) is 0 Å². The Hall–Kier alpha value is -0.120. The summed E-state index contributed by atoms with van der Waals surface area (Å²) < 4.78 is 11.3. The van der Waals surface area contributed by atoms with Gasteiger partial charge in [0.1, 0.15) is 0 Å². The topological polar surface area (TPSA) is 38.7 Å². The SMILES string of the molecule is CCC1CCC(O)C(OCC2CCOCC2)C1. The van der Waals surface area contributed by atoms with Gasteiger partial charge < -0.3 is 14.6 Å². The summed E-state index contributed by atoms with van der Waals surface area (Å²) in [5, 5.41) is 9.96. The standard InChI is InChI=1S/C14H26O3/c1-2-11-3-4-13(15)14(9-11)17-10-12-5-7-16-8-6-12/h11-15H,2-10H2,1H3. The monoisotopic (exact) mass is 242 g/mol. The maximum Gasteiger partial charge on any atom is 0.0836 e. The lowest BCUT2D eigenvalue weighted by Crippen LogP contribution is -2.37. The highest BCUT2D eigenvalue weighted by Crippen LogP contribution is 2.29. The third-order valence-corrected chi connectivity index (χ3v) is 4.33. The lowest BCUT2D eigenvalue weighted by atomic mass is 9.84. The zero-order valence-corrected chi connectivity index (χ0v) is 10.9. The van der Waals surface area contributed by atoms with E-state index < -0.39 is 0 Å². The van der Waals surface area contributed by atoms with Crippen molar-refractivity contribution < 1.29 is 14.6 Å². The van der Waals surface area contributed by atoms with E-state index in [1.54, 1.807) is 0 Å². The normalized spacial score (nSPS) is 36.0. The molecule has 3 heteroatoms. The van der Waals surface area contributed by atoms with Crippen LogP contribution in [-0.4, -0.2) is 37.1 Å². The van der Waals surface area contributed by atoms with Crippen LogP contribution in [-0.2, 0) is 9.47 Å². The first-order valence-electron chi connectivity index (χ1n) is 7.17. The maximum atomic E-state index is 9.96. The predicted molar refractivity (Wildman–Crippen MR) is 66.9 cm³/mol. The molecule has 1 aliphatic carbocycles. The van der Waals surface area contributed by atoms with Crippen LogP contribution in [0.4, 0.5) is 0 Å². The highest BCUT2D eigenvalue weighted by atomic mass is 16.5. The zero-order valence-electron chi connectivity index (χ0n) is 10.9. The van der Waals surface area contributed by atoms with Gasteiger partial charge in [-0.15, -0.1) is 0 Å². The van der Waals surface area contributed by atoms with Gasteiger partial charge in [-0.05, 0) is 43.9 Å². The Morgan fingerprint density at radius 2 is 1.88 bits per heavy atom. The lowest BCUT2D eigenvalue weighted by Gasteiger charge is -2.34. The van der Waals surface area contributed by atoms with Crippen LogP contribution in [0.3, 0.4) is 0 Å². The van der Waals surface area contributed by atoms with Gasteiger partial charge in [-0.25, -0.2) is 0 Å². The summed E-state index contributed by atoms with van der Waals surface area (Å²) in [6.07, 6.45) is 6.39. The van der Waals surface area contributed by atoms with Crippen LogP contribution in [0.1, 0.15) is 45.4 Å². The fraction of sp³-hybridized carbons (Fsp3) is 1.00. The number of hydrogen-bond donors (Lipinski definition) is 1. The summed E-state index contributed by atoms with van der Waals surface area (Å²) in [6.45, 7) is 4.79. The van der Waals surface area contributed by atoms with E-state index in [1.807, 2.05) is 0 Å². The summed E-state index contributed by atoms with van der Waals surface area (Å²) in [5.74, 6) is 1.39. The van der Waals surface area contributed by atoms with Gasteiger partial charge in [0.05, 0.1) is 18.8 Å². The molecule has 0 aromatic rings. The summed E-state index contributed by atoms with van der Waals surface area (Å²) in [4.78, 5) is 0. The van der Waals surface area contributed by atoms with Crippen molar-refractivity contribution in [2.45, 2.75) is 57.7 Å². The fourth-order valence-electron chi connectivity index (χ4n) is 2.92. The van der Waals surface area contributed by atoms with Crippen LogP contribution in [0, 0.1) is 11.8 Å². The summed E-state index contributed by atoms with van der Waals surface area (Å²) >= 11 is 0. The van der Waals surface area contributed by atoms with Crippen molar-refractivity contribution in [3.8, 4) is 0 Å². The van der Waals surface area contributed by atoms with Crippen molar-refractivity contribution in [2.75, 3.05) is 19.8 Å². The molecule has 100 valence electrons. The molecule has 1 saturated carbocycles. The second-order valence-corrected chi connectivity index (χ2v) is 5.58. The molecule has 3 atom stereocenters. The zero-order chi connectivity index (χ0) is 12.1. The van der Waals surface area contributed by atoms with Crippen LogP contribution in [0.2, 0.25) is 0 Å². The third kappa shape index (κ3) is 3.94. The molecule has 0 radical (unpaired) electrons. The first-order valence-corrected chi connectivity index (χ1v) is 7.17. The van der Waals surface area contributed by atoms with E-state index in [-0.39, 0.29) is 12.2 Å². The van der Waals surface area contributed by atoms with Crippen LogP contribution in [0.25, 0.3) is 0 Å². The largest absolute Gasteiger partial charge is 0.390 e. The minimum atomic E-state index is -0.238. The van der Waals surface area contributed by atoms with E-state index in [1.165, 1.54) is 6.42 Å². The van der Waals surface area contributed by atoms with Gasteiger partial charge in [-0.2, -0.15) is 0 Å². The quantitative estimate of drug-likeness (QED) is 0.822. The molecule has 1 N–H and O–H groups in total. The first kappa shape index (κ1) is 13.3. The van der Waals surface area contributed by atoms with Gasteiger partial charge in [0.15, 0.2) is 0 Å². The Morgan fingerprint density at radius 1 is 1.12 bits per heavy atom. The Kier molecular flexibility index (Phi) is 5.26. The van der Waals surface area contributed by atoms with Crippen LogP contribution < -0.4 is 0 Å². The van der Waals surface area contributed by atoms with E-state index >= 15 is 0 Å². The second kappa shape index (κ2) is 6.72. The van der Waals surface area contributed by atoms with Gasteiger partial charge in [0, 0.05) is 13.2 Å². The molecule has 2 fully saturated rings. The minimum Gasteiger partial charge on any atom is -0.390 e. The van der Waals surface area contributed by atoms with E-state index in [2.05, 4.69) is 6.92 Å². The molecule has 3 nitrogen and oxygen atoms in total. The highest BCUT2D eigenvalue weighted by Gasteiger charge is 2.29. The molecule has 0 bridgehead atoms. The van der Waals surface area contributed by atoms with Gasteiger partial charge in [-0.3, -0.25) is 0 Å². The van der Waals surface area contributed by atoms with Crippen molar-refractivity contribution in [1.82, 2.24) is 0 Å². The molecule has 0 aromatic carbocycles. The number of aliphatic hydroxyl groups is 1. The average molecular weight is 242 g/mol. The van der Waals surface area contributed by atoms with E-state index in [9.17, 15) is 5.11 Å². The Bertz CT molecular complexity index is 214. The van der Waals surface area contributed by atoms with Gasteiger partial charge >= 0.3 is 0 Å². The van der Waals surface area contributed by atoms with Crippen LogP contribution >= 0.6 is 0 Å². The predicted octanol–water partition coefficient (Wildman–Crippen LogP) is 2.37. The van der Waals surface area contributed by atoms with Crippen LogP contribution in [0.5, 0.6) is 0 Å². The molecular weight excluding hydrogens is 216 g/mol. The molecule has 3 unspecified atom stereocenters. The Labute approximate surface area is 104 Å². The number of aliphatic hydroxyl groups excluding tert-OH is 1. The molecule has 2 rings (SSSR count). The van der Waals surface area contributed by atoms with Crippen LogP contribution in [0.15, 0.2) is 0 Å². The molecule has 0 aromatic heterocycles. The first-order chi connectivity index (χ1) is 8.29. The highest BCUT2D eigenvalue weighted by molar-refractivity contribution is 4.80. The van der Waals surface area contributed by atoms with Crippen molar-refractivity contribution in [1.29, 1.82) is 0 Å². The smallest absolute Gasteiger partial charge is 0.0836 e. The van der Waals surface area contributed by atoms with Gasteiger partial charge in [0.2, 0.25) is 0 Å². The van der Waals surface area contributed by atoms with E-state index in [0.29, 0.717) is 5.92 Å².